The lowest BCUT2D eigenvalue weighted by Gasteiger charge is -2.48. The van der Waals surface area contributed by atoms with Crippen LogP contribution in [0.25, 0.3) is 10.9 Å². The fourth-order valence-electron chi connectivity index (χ4n) is 6.07. The zero-order chi connectivity index (χ0) is 24.0. The minimum absolute atomic E-state index is 0.0484. The second-order valence-electron chi connectivity index (χ2n) is 9.63. The molecule has 3 N–H and O–H groups in total. The van der Waals surface area contributed by atoms with E-state index < -0.39 is 0 Å². The molecular formula is C29H30FN3O2. The second-order valence-corrected chi connectivity index (χ2v) is 9.63. The van der Waals surface area contributed by atoms with E-state index in [0.717, 1.165) is 36.9 Å². The highest BCUT2D eigenvalue weighted by Gasteiger charge is 2.46. The summed E-state index contributed by atoms with van der Waals surface area (Å²) in [5.41, 5.74) is 5.85. The van der Waals surface area contributed by atoms with Crippen molar-refractivity contribution >= 4 is 10.9 Å². The topological polar surface area (TPSA) is 58.3 Å². The molecule has 0 saturated carbocycles. The van der Waals surface area contributed by atoms with Gasteiger partial charge in [0.05, 0.1) is 19.8 Å². The van der Waals surface area contributed by atoms with Gasteiger partial charge in [-0.05, 0) is 66.3 Å². The van der Waals surface area contributed by atoms with Crippen molar-refractivity contribution in [3.8, 4) is 11.5 Å². The number of halogens is 1. The normalized spacial score (nSPS) is 23.9. The summed E-state index contributed by atoms with van der Waals surface area (Å²) in [5.74, 6) is 1.21. The van der Waals surface area contributed by atoms with Gasteiger partial charge in [0.25, 0.3) is 0 Å². The van der Waals surface area contributed by atoms with Crippen LogP contribution in [0.1, 0.15) is 47.3 Å². The summed E-state index contributed by atoms with van der Waals surface area (Å²) in [6.45, 7) is 0.920. The first-order chi connectivity index (χ1) is 17.1. The molecule has 6 rings (SSSR count). The minimum Gasteiger partial charge on any atom is -0.493 e. The minimum atomic E-state index is -0.241. The number of nitrogens with one attached hydrogen (secondary N) is 3. The number of fused-ring (bicyclic) bond motifs is 4. The molecule has 1 aromatic heterocycles. The molecule has 180 valence electrons. The van der Waals surface area contributed by atoms with Gasteiger partial charge in [0.1, 0.15) is 5.82 Å². The summed E-state index contributed by atoms with van der Waals surface area (Å²) in [6, 6.07) is 21.7. The van der Waals surface area contributed by atoms with Gasteiger partial charge in [-0.3, -0.25) is 0 Å². The maximum atomic E-state index is 13.8. The molecule has 3 aromatic carbocycles. The Morgan fingerprint density at radius 1 is 0.857 bits per heavy atom. The van der Waals surface area contributed by atoms with Crippen molar-refractivity contribution in [1.82, 2.24) is 15.6 Å². The van der Waals surface area contributed by atoms with E-state index in [-0.39, 0.29) is 23.4 Å². The zero-order valence-electron chi connectivity index (χ0n) is 20.0. The van der Waals surface area contributed by atoms with Crippen LogP contribution in [-0.4, -0.2) is 25.7 Å². The van der Waals surface area contributed by atoms with E-state index >= 15 is 0 Å². The molecule has 5 nitrogen and oxygen atoms in total. The number of piperidine rings is 1. The lowest BCUT2D eigenvalue weighted by atomic mass is 9.72. The molecule has 0 amide bonds. The Balaban J connectivity index is 1.47. The van der Waals surface area contributed by atoms with Crippen LogP contribution in [-0.2, 0) is 12.0 Å². The zero-order valence-corrected chi connectivity index (χ0v) is 20.0. The average Bonchev–Trinajstić information content (AvgIpc) is 3.29. The van der Waals surface area contributed by atoms with E-state index in [0.29, 0.717) is 11.5 Å². The molecule has 0 aliphatic carbocycles. The Hall–Kier alpha value is -3.35. The van der Waals surface area contributed by atoms with E-state index in [4.69, 9.17) is 9.47 Å². The molecule has 0 radical (unpaired) electrons. The predicted molar refractivity (Wildman–Crippen MR) is 135 cm³/mol. The summed E-state index contributed by atoms with van der Waals surface area (Å²) >= 11 is 0. The number of aromatic amines is 1. The van der Waals surface area contributed by atoms with Crippen molar-refractivity contribution in [2.45, 2.75) is 36.9 Å². The Labute approximate surface area is 204 Å². The third kappa shape index (κ3) is 3.77. The predicted octanol–water partition coefficient (Wildman–Crippen LogP) is 5.53. The maximum Gasteiger partial charge on any atom is 0.161 e. The number of methoxy groups -OCH3 is 2. The molecule has 6 heteroatoms. The standard InChI is InChI=1S/C29H30FN3O2/c1-34-26-12-9-19(15-27(26)35-2)25-17-29(16-24(32-25)18-7-10-20(30)11-8-18)28-22(13-14-31-29)21-5-3-4-6-23(21)33-28/h3-12,15,24-25,31-33H,13-14,16-17H2,1-2H3/t24-,25+,29+/m1/s1. The lowest BCUT2D eigenvalue weighted by molar-refractivity contribution is 0.152. The van der Waals surface area contributed by atoms with Gasteiger partial charge in [0, 0.05) is 35.2 Å². The average molecular weight is 472 g/mol. The van der Waals surface area contributed by atoms with Crippen molar-refractivity contribution in [1.29, 1.82) is 0 Å². The molecule has 3 atom stereocenters. The number of hydrogen-bond acceptors (Lipinski definition) is 4. The molecule has 1 saturated heterocycles. The first-order valence-corrected chi connectivity index (χ1v) is 12.2. The van der Waals surface area contributed by atoms with Gasteiger partial charge in [-0.15, -0.1) is 0 Å². The molecule has 0 unspecified atom stereocenters. The van der Waals surface area contributed by atoms with Crippen molar-refractivity contribution in [3.05, 3.63) is 94.9 Å². The van der Waals surface area contributed by atoms with Crippen LogP contribution >= 0.6 is 0 Å². The largest absolute Gasteiger partial charge is 0.493 e. The molecule has 3 heterocycles. The van der Waals surface area contributed by atoms with E-state index in [1.807, 2.05) is 18.2 Å². The number of H-pyrrole nitrogens is 1. The molecule has 1 fully saturated rings. The number of benzene rings is 3. The van der Waals surface area contributed by atoms with Gasteiger partial charge in [-0.2, -0.15) is 0 Å². The first-order valence-electron chi connectivity index (χ1n) is 12.2. The number of rotatable bonds is 4. The SMILES string of the molecule is COc1ccc([C@@H]2C[C@]3(C[C@H](c4ccc(F)cc4)N2)NCCc2c3[nH]c3ccccc23)cc1OC. The quantitative estimate of drug-likeness (QED) is 0.366. The smallest absolute Gasteiger partial charge is 0.161 e. The van der Waals surface area contributed by atoms with Crippen LogP contribution in [0.15, 0.2) is 66.7 Å². The Bertz CT molecular complexity index is 1370. The van der Waals surface area contributed by atoms with E-state index in [9.17, 15) is 4.39 Å². The Morgan fingerprint density at radius 3 is 2.34 bits per heavy atom. The fourth-order valence-corrected chi connectivity index (χ4v) is 6.07. The summed E-state index contributed by atoms with van der Waals surface area (Å²) in [4.78, 5) is 3.78. The number of hydrogen-bond donors (Lipinski definition) is 3. The summed E-state index contributed by atoms with van der Waals surface area (Å²) in [7, 11) is 3.32. The van der Waals surface area contributed by atoms with Gasteiger partial charge >= 0.3 is 0 Å². The highest BCUT2D eigenvalue weighted by molar-refractivity contribution is 5.85. The van der Waals surface area contributed by atoms with Crippen molar-refractivity contribution in [2.75, 3.05) is 20.8 Å². The first kappa shape index (κ1) is 22.1. The summed E-state index contributed by atoms with van der Waals surface area (Å²) < 4.78 is 24.8. The summed E-state index contributed by atoms with van der Waals surface area (Å²) in [6.07, 6.45) is 2.74. The molecular weight excluding hydrogens is 441 g/mol. The van der Waals surface area contributed by atoms with Crippen molar-refractivity contribution < 1.29 is 13.9 Å². The number of para-hydroxylation sites is 1. The van der Waals surface area contributed by atoms with Crippen LogP contribution in [0, 0.1) is 5.82 Å². The van der Waals surface area contributed by atoms with Gasteiger partial charge < -0.3 is 25.1 Å². The monoisotopic (exact) mass is 471 g/mol. The van der Waals surface area contributed by atoms with E-state index in [2.05, 4.69) is 52.0 Å². The molecule has 2 aliphatic heterocycles. The van der Waals surface area contributed by atoms with Gasteiger partial charge in [-0.1, -0.05) is 36.4 Å². The highest BCUT2D eigenvalue weighted by Crippen LogP contribution is 2.48. The van der Waals surface area contributed by atoms with Crippen LogP contribution in [0.4, 0.5) is 4.39 Å². The third-order valence-electron chi connectivity index (χ3n) is 7.72. The third-order valence-corrected chi connectivity index (χ3v) is 7.72. The van der Waals surface area contributed by atoms with E-state index in [1.165, 1.54) is 22.2 Å². The van der Waals surface area contributed by atoms with Crippen LogP contribution in [0.5, 0.6) is 11.5 Å². The van der Waals surface area contributed by atoms with Crippen LogP contribution in [0.2, 0.25) is 0 Å². The van der Waals surface area contributed by atoms with Gasteiger partial charge in [-0.25, -0.2) is 4.39 Å². The van der Waals surface area contributed by atoms with Crippen molar-refractivity contribution in [3.63, 3.8) is 0 Å². The Kier molecular flexibility index (Phi) is 5.50. The van der Waals surface area contributed by atoms with Crippen LogP contribution in [0.3, 0.4) is 0 Å². The van der Waals surface area contributed by atoms with E-state index in [1.54, 1.807) is 26.4 Å². The number of ether oxygens (including phenoxy) is 2. The van der Waals surface area contributed by atoms with Gasteiger partial charge in [0.15, 0.2) is 11.5 Å². The second kappa shape index (κ2) is 8.70. The molecule has 0 bridgehead atoms. The molecule has 35 heavy (non-hydrogen) atoms. The van der Waals surface area contributed by atoms with Crippen LogP contribution < -0.4 is 20.1 Å². The summed E-state index contributed by atoms with van der Waals surface area (Å²) in [5, 5.41) is 9.08. The number of aromatic nitrogens is 1. The van der Waals surface area contributed by atoms with Crippen molar-refractivity contribution in [2.24, 2.45) is 0 Å². The molecule has 2 aliphatic rings. The Morgan fingerprint density at radius 2 is 1.57 bits per heavy atom. The molecule has 1 spiro atoms. The highest BCUT2D eigenvalue weighted by atomic mass is 19.1. The fraction of sp³-hybridized carbons (Fsp3) is 0.310. The lowest BCUT2D eigenvalue weighted by Crippen LogP contribution is -2.55. The maximum absolute atomic E-state index is 13.8. The van der Waals surface area contributed by atoms with Gasteiger partial charge in [0.2, 0.25) is 0 Å². The molecule has 4 aromatic rings.